The molecular weight excluding hydrogens is 402 g/mol. The van der Waals surface area contributed by atoms with Gasteiger partial charge in [-0.15, -0.1) is 0 Å². The van der Waals surface area contributed by atoms with Crippen LogP contribution in [0.3, 0.4) is 0 Å². The summed E-state index contributed by atoms with van der Waals surface area (Å²) in [5.74, 6) is 0.225. The van der Waals surface area contributed by atoms with Gasteiger partial charge in [-0.25, -0.2) is 13.4 Å². The predicted octanol–water partition coefficient (Wildman–Crippen LogP) is 2.05. The molecule has 0 atom stereocenters. The molecule has 9 heteroatoms. The lowest BCUT2D eigenvalue weighted by molar-refractivity contribution is 0.0943. The number of hydrogen-bond acceptors (Lipinski definition) is 6. The van der Waals surface area contributed by atoms with Crippen LogP contribution in [0, 0.1) is 13.8 Å². The Bertz CT molecular complexity index is 1030. The van der Waals surface area contributed by atoms with E-state index in [-0.39, 0.29) is 16.8 Å². The number of rotatable bonds is 6. The van der Waals surface area contributed by atoms with Gasteiger partial charge in [-0.2, -0.15) is 0 Å². The van der Waals surface area contributed by atoms with Crippen LogP contribution in [0.5, 0.6) is 0 Å². The molecule has 1 saturated heterocycles. The fourth-order valence-corrected chi connectivity index (χ4v) is 4.71. The second-order valence-electron chi connectivity index (χ2n) is 7.83. The molecular formula is C21H29N5O3S. The fourth-order valence-electron chi connectivity index (χ4n) is 3.33. The largest absolute Gasteiger partial charge is 0.352 e. The molecule has 162 valence electrons. The molecule has 1 aliphatic heterocycles. The first-order valence-corrected chi connectivity index (χ1v) is 11.5. The summed E-state index contributed by atoms with van der Waals surface area (Å²) in [5.41, 5.74) is 2.11. The monoisotopic (exact) mass is 431 g/mol. The van der Waals surface area contributed by atoms with E-state index >= 15 is 0 Å². The summed E-state index contributed by atoms with van der Waals surface area (Å²) in [6, 6.07) is 6.82. The van der Waals surface area contributed by atoms with Gasteiger partial charge < -0.3 is 15.5 Å². The van der Waals surface area contributed by atoms with Crippen LogP contribution in [-0.4, -0.2) is 51.5 Å². The zero-order valence-corrected chi connectivity index (χ0v) is 18.6. The molecule has 0 saturated carbocycles. The zero-order valence-electron chi connectivity index (χ0n) is 17.8. The lowest BCUT2D eigenvalue weighted by atomic mass is 10.2. The maximum absolute atomic E-state index is 13.2. The minimum Gasteiger partial charge on any atom is -0.352 e. The number of amides is 1. The Morgan fingerprint density at radius 2 is 1.87 bits per heavy atom. The number of piperazine rings is 1. The van der Waals surface area contributed by atoms with Crippen molar-refractivity contribution in [3.05, 3.63) is 47.2 Å². The minimum atomic E-state index is -3.86. The van der Waals surface area contributed by atoms with Gasteiger partial charge in [0.2, 0.25) is 0 Å². The first kappa shape index (κ1) is 22.0. The minimum absolute atomic E-state index is 0.0413. The Morgan fingerprint density at radius 1 is 1.17 bits per heavy atom. The van der Waals surface area contributed by atoms with E-state index in [1.807, 2.05) is 31.7 Å². The van der Waals surface area contributed by atoms with Gasteiger partial charge in [0.25, 0.3) is 15.9 Å². The van der Waals surface area contributed by atoms with Crippen molar-refractivity contribution in [2.75, 3.05) is 35.8 Å². The number of pyridine rings is 1. The van der Waals surface area contributed by atoms with Gasteiger partial charge in [-0.3, -0.25) is 9.52 Å². The Hall–Kier alpha value is -2.65. The van der Waals surface area contributed by atoms with Gasteiger partial charge in [0.15, 0.2) is 5.82 Å². The first-order chi connectivity index (χ1) is 14.2. The SMILES string of the molecule is Cc1ccc(C)c(S(=O)(=O)Nc2cc(C(=O)NC(C)C)cnc2N2CCNCC2)c1. The lowest BCUT2D eigenvalue weighted by Gasteiger charge is -2.30. The number of carbonyl (C=O) groups excluding carboxylic acids is 1. The molecule has 3 N–H and O–H groups in total. The summed E-state index contributed by atoms with van der Waals surface area (Å²) in [5, 5.41) is 6.09. The van der Waals surface area contributed by atoms with Crippen molar-refractivity contribution in [3.63, 3.8) is 0 Å². The number of hydrogen-bond donors (Lipinski definition) is 3. The highest BCUT2D eigenvalue weighted by atomic mass is 32.2. The van der Waals surface area contributed by atoms with E-state index in [4.69, 9.17) is 0 Å². The molecule has 3 rings (SSSR count). The van der Waals surface area contributed by atoms with Gasteiger partial charge >= 0.3 is 0 Å². The van der Waals surface area contributed by atoms with Crippen LogP contribution in [0.15, 0.2) is 35.4 Å². The second-order valence-corrected chi connectivity index (χ2v) is 9.49. The Labute approximate surface area is 178 Å². The van der Waals surface area contributed by atoms with Crippen molar-refractivity contribution in [2.24, 2.45) is 0 Å². The molecule has 1 fully saturated rings. The molecule has 2 aromatic rings. The number of nitrogens with zero attached hydrogens (tertiary/aromatic N) is 2. The highest BCUT2D eigenvalue weighted by molar-refractivity contribution is 7.92. The van der Waals surface area contributed by atoms with Gasteiger partial charge in [-0.05, 0) is 51.0 Å². The molecule has 30 heavy (non-hydrogen) atoms. The van der Waals surface area contributed by atoms with Crippen molar-refractivity contribution in [1.29, 1.82) is 0 Å². The number of nitrogens with one attached hydrogen (secondary N) is 3. The summed E-state index contributed by atoms with van der Waals surface area (Å²) in [7, 11) is -3.86. The molecule has 1 aromatic carbocycles. The molecule has 1 amide bonds. The third-order valence-electron chi connectivity index (χ3n) is 4.84. The Morgan fingerprint density at radius 3 is 2.53 bits per heavy atom. The standard InChI is InChI=1S/C21H29N5O3S/c1-14(2)24-21(27)17-12-18(20(23-13-17)26-9-7-22-8-10-26)25-30(28,29)19-11-15(3)5-6-16(19)4/h5-6,11-14,22,25H,7-10H2,1-4H3,(H,24,27). The summed E-state index contributed by atoms with van der Waals surface area (Å²) in [4.78, 5) is 19.2. The number of aromatic nitrogens is 1. The van der Waals surface area contributed by atoms with E-state index in [0.29, 0.717) is 35.7 Å². The number of carbonyl (C=O) groups is 1. The molecule has 8 nitrogen and oxygen atoms in total. The van der Waals surface area contributed by atoms with E-state index < -0.39 is 10.0 Å². The van der Waals surface area contributed by atoms with E-state index in [2.05, 4.69) is 20.3 Å². The maximum Gasteiger partial charge on any atom is 0.262 e. The summed E-state index contributed by atoms with van der Waals surface area (Å²) in [6.45, 7) is 10.3. The third kappa shape index (κ3) is 5.09. The average Bonchev–Trinajstić information content (AvgIpc) is 2.69. The lowest BCUT2D eigenvalue weighted by Crippen LogP contribution is -2.44. The molecule has 0 radical (unpaired) electrons. The number of anilines is 2. The Balaban J connectivity index is 2.02. The van der Waals surface area contributed by atoms with Crippen molar-refractivity contribution in [3.8, 4) is 0 Å². The number of sulfonamides is 1. The van der Waals surface area contributed by atoms with Gasteiger partial charge in [0.05, 0.1) is 16.1 Å². The highest BCUT2D eigenvalue weighted by Gasteiger charge is 2.23. The normalized spacial score (nSPS) is 14.6. The summed E-state index contributed by atoms with van der Waals surface area (Å²) < 4.78 is 29.1. The highest BCUT2D eigenvalue weighted by Crippen LogP contribution is 2.28. The zero-order chi connectivity index (χ0) is 21.9. The van der Waals surface area contributed by atoms with Gasteiger partial charge in [-0.1, -0.05) is 12.1 Å². The van der Waals surface area contributed by atoms with E-state index in [9.17, 15) is 13.2 Å². The number of aryl methyl sites for hydroxylation is 2. The smallest absolute Gasteiger partial charge is 0.262 e. The van der Waals surface area contributed by atoms with Crippen LogP contribution in [0.25, 0.3) is 0 Å². The van der Waals surface area contributed by atoms with Crippen LogP contribution in [0.4, 0.5) is 11.5 Å². The third-order valence-corrected chi connectivity index (χ3v) is 6.35. The van der Waals surface area contributed by atoms with Crippen LogP contribution in [0.2, 0.25) is 0 Å². The average molecular weight is 432 g/mol. The molecule has 2 heterocycles. The molecule has 0 aliphatic carbocycles. The topological polar surface area (TPSA) is 103 Å². The number of benzene rings is 1. The van der Waals surface area contributed by atoms with Gasteiger partial charge in [0.1, 0.15) is 0 Å². The summed E-state index contributed by atoms with van der Waals surface area (Å²) >= 11 is 0. The molecule has 1 aromatic heterocycles. The van der Waals surface area contributed by atoms with Crippen LogP contribution < -0.4 is 20.3 Å². The quantitative estimate of drug-likeness (QED) is 0.647. The molecule has 0 spiro atoms. The van der Waals surface area contributed by atoms with Crippen LogP contribution >= 0.6 is 0 Å². The predicted molar refractivity (Wildman–Crippen MR) is 119 cm³/mol. The fraction of sp³-hybridized carbons (Fsp3) is 0.429. The van der Waals surface area contributed by atoms with Crippen LogP contribution in [0.1, 0.15) is 35.3 Å². The van der Waals surface area contributed by atoms with Crippen LogP contribution in [-0.2, 0) is 10.0 Å². The first-order valence-electron chi connectivity index (χ1n) is 10.0. The van der Waals surface area contributed by atoms with E-state index in [0.717, 1.165) is 18.7 Å². The van der Waals surface area contributed by atoms with Crippen molar-refractivity contribution >= 4 is 27.4 Å². The summed E-state index contributed by atoms with van der Waals surface area (Å²) in [6.07, 6.45) is 1.49. The van der Waals surface area contributed by atoms with Crippen molar-refractivity contribution in [2.45, 2.75) is 38.6 Å². The van der Waals surface area contributed by atoms with Gasteiger partial charge in [0, 0.05) is 38.4 Å². The molecule has 0 bridgehead atoms. The molecule has 1 aliphatic rings. The van der Waals surface area contributed by atoms with Crippen molar-refractivity contribution < 1.29 is 13.2 Å². The Kier molecular flexibility index (Phi) is 6.62. The second kappa shape index (κ2) is 9.01. The van der Waals surface area contributed by atoms with Crippen molar-refractivity contribution in [1.82, 2.24) is 15.6 Å². The van der Waals surface area contributed by atoms with E-state index in [1.165, 1.54) is 6.20 Å². The maximum atomic E-state index is 13.2. The van der Waals surface area contributed by atoms with E-state index in [1.54, 1.807) is 25.1 Å². The molecule has 0 unspecified atom stereocenters.